The van der Waals surface area contributed by atoms with E-state index in [1.165, 1.54) is 4.90 Å². The average Bonchev–Trinajstić information content (AvgIpc) is 2.34. The van der Waals surface area contributed by atoms with Gasteiger partial charge in [0.1, 0.15) is 5.75 Å². The fourth-order valence-electron chi connectivity index (χ4n) is 1.25. The van der Waals surface area contributed by atoms with E-state index in [2.05, 4.69) is 15.9 Å². The molecule has 1 N–H and O–H groups in total. The summed E-state index contributed by atoms with van der Waals surface area (Å²) in [6.07, 6.45) is 1.80. The minimum Gasteiger partial charge on any atom is -0.496 e. The number of ether oxygens (including phenoxy) is 1. The number of carboxylic acids is 1. The summed E-state index contributed by atoms with van der Waals surface area (Å²) >= 11 is 3.31. The molecule has 0 saturated heterocycles. The molecule has 0 saturated carbocycles. The number of hydrogen-bond donors (Lipinski definition) is 1. The number of halogens is 1. The molecule has 0 aliphatic carbocycles. The third kappa shape index (κ3) is 3.59. The van der Waals surface area contributed by atoms with Crippen LogP contribution in [0.15, 0.2) is 34.8 Å². The molecule has 0 aliphatic heterocycles. The first-order chi connectivity index (χ1) is 8.45. The number of hydrogen-bond acceptors (Lipinski definition) is 3. The zero-order valence-electron chi connectivity index (χ0n) is 9.88. The van der Waals surface area contributed by atoms with E-state index in [1.54, 1.807) is 32.4 Å². The van der Waals surface area contributed by atoms with Crippen molar-refractivity contribution >= 4 is 33.5 Å². The van der Waals surface area contributed by atoms with E-state index in [-0.39, 0.29) is 0 Å². The maximum absolute atomic E-state index is 11.6. The molecular weight excluding hydrogens is 302 g/mol. The number of carboxylic acid groups (broad SMARTS) is 1. The molecule has 6 heteroatoms. The van der Waals surface area contributed by atoms with Gasteiger partial charge in [0.05, 0.1) is 11.6 Å². The molecule has 1 aromatic rings. The van der Waals surface area contributed by atoms with Gasteiger partial charge in [-0.3, -0.25) is 4.79 Å². The van der Waals surface area contributed by atoms with Gasteiger partial charge in [-0.05, 0) is 34.1 Å². The van der Waals surface area contributed by atoms with E-state index >= 15 is 0 Å². The molecule has 0 heterocycles. The fraction of sp³-hybridized carbons (Fsp3) is 0.167. The first-order valence-corrected chi connectivity index (χ1v) is 5.77. The summed E-state index contributed by atoms with van der Waals surface area (Å²) < 4.78 is 5.79. The van der Waals surface area contributed by atoms with Crippen LogP contribution in [0.25, 0.3) is 0 Å². The Morgan fingerprint density at radius 3 is 2.56 bits per heavy atom. The van der Waals surface area contributed by atoms with Crippen LogP contribution in [0.5, 0.6) is 5.75 Å². The first kappa shape index (κ1) is 14.2. The first-order valence-electron chi connectivity index (χ1n) is 4.98. The smallest absolute Gasteiger partial charge is 0.328 e. The largest absolute Gasteiger partial charge is 0.496 e. The van der Waals surface area contributed by atoms with Crippen molar-refractivity contribution in [3.05, 3.63) is 34.8 Å². The van der Waals surface area contributed by atoms with Gasteiger partial charge >= 0.3 is 5.97 Å². The summed E-state index contributed by atoms with van der Waals surface area (Å²) in [6, 6.07) is 5.13. The number of carbonyl (C=O) groups excluding carboxylic acids is 1. The SMILES string of the molecule is COc1ccc(N(C)C(=O)/C=C/C(=O)O)cc1Br. The molecule has 96 valence electrons. The fourth-order valence-corrected chi connectivity index (χ4v) is 1.77. The maximum Gasteiger partial charge on any atom is 0.328 e. The van der Waals surface area contributed by atoms with Crippen molar-refractivity contribution < 1.29 is 19.4 Å². The van der Waals surface area contributed by atoms with Crippen molar-refractivity contribution in [1.29, 1.82) is 0 Å². The normalized spacial score (nSPS) is 10.4. The number of benzene rings is 1. The van der Waals surface area contributed by atoms with Crippen molar-refractivity contribution in [2.75, 3.05) is 19.1 Å². The highest BCUT2D eigenvalue weighted by Crippen LogP contribution is 2.29. The van der Waals surface area contributed by atoms with Crippen LogP contribution in [0.1, 0.15) is 0 Å². The Morgan fingerprint density at radius 1 is 1.39 bits per heavy atom. The van der Waals surface area contributed by atoms with Gasteiger partial charge in [0.2, 0.25) is 0 Å². The lowest BCUT2D eigenvalue weighted by molar-refractivity contribution is -0.131. The Balaban J connectivity index is 2.90. The number of nitrogens with zero attached hydrogens (tertiary/aromatic N) is 1. The Hall–Kier alpha value is -1.82. The minimum absolute atomic E-state index is 0.422. The topological polar surface area (TPSA) is 66.8 Å². The summed E-state index contributed by atoms with van der Waals surface area (Å²) in [6.45, 7) is 0. The third-order valence-electron chi connectivity index (χ3n) is 2.22. The number of aliphatic carboxylic acids is 1. The van der Waals surface area contributed by atoms with Crippen LogP contribution in [0, 0.1) is 0 Å². The Bertz CT molecular complexity index is 499. The van der Waals surface area contributed by atoms with Crippen LogP contribution in [0.2, 0.25) is 0 Å². The third-order valence-corrected chi connectivity index (χ3v) is 2.84. The number of carbonyl (C=O) groups is 2. The number of amides is 1. The second-order valence-electron chi connectivity index (χ2n) is 3.39. The molecule has 1 amide bonds. The van der Waals surface area contributed by atoms with Crippen molar-refractivity contribution in [3.8, 4) is 5.75 Å². The Kier molecular flexibility index (Phi) is 4.91. The summed E-state index contributed by atoms with van der Waals surface area (Å²) in [5.74, 6) is -0.928. The molecule has 5 nitrogen and oxygen atoms in total. The maximum atomic E-state index is 11.6. The molecule has 1 aromatic carbocycles. The number of rotatable bonds is 4. The van der Waals surface area contributed by atoms with Gasteiger partial charge in [0.25, 0.3) is 5.91 Å². The van der Waals surface area contributed by atoms with Crippen molar-refractivity contribution in [1.82, 2.24) is 0 Å². The lowest BCUT2D eigenvalue weighted by Crippen LogP contribution is -2.24. The second-order valence-corrected chi connectivity index (χ2v) is 4.24. The molecule has 18 heavy (non-hydrogen) atoms. The lowest BCUT2D eigenvalue weighted by Gasteiger charge is -2.16. The van der Waals surface area contributed by atoms with E-state index in [1.807, 2.05) is 0 Å². The summed E-state index contributed by atoms with van der Waals surface area (Å²) in [4.78, 5) is 23.3. The lowest BCUT2D eigenvalue weighted by atomic mass is 10.2. The molecule has 0 fully saturated rings. The molecule has 0 aromatic heterocycles. The summed E-state index contributed by atoms with van der Waals surface area (Å²) in [7, 11) is 3.10. The van der Waals surface area contributed by atoms with E-state index in [0.29, 0.717) is 15.9 Å². The highest BCUT2D eigenvalue weighted by molar-refractivity contribution is 9.10. The monoisotopic (exact) mass is 313 g/mol. The predicted molar refractivity (Wildman–Crippen MR) is 70.9 cm³/mol. The zero-order chi connectivity index (χ0) is 13.7. The molecule has 0 bridgehead atoms. The number of methoxy groups -OCH3 is 1. The van der Waals surface area contributed by atoms with Gasteiger partial charge in [-0.1, -0.05) is 0 Å². The highest BCUT2D eigenvalue weighted by Gasteiger charge is 2.10. The van der Waals surface area contributed by atoms with Gasteiger partial charge in [-0.15, -0.1) is 0 Å². The van der Waals surface area contributed by atoms with Crippen LogP contribution in [-0.4, -0.2) is 31.1 Å². The molecule has 1 rings (SSSR count). The van der Waals surface area contributed by atoms with Crippen molar-refractivity contribution in [2.45, 2.75) is 0 Å². The van der Waals surface area contributed by atoms with Gasteiger partial charge in [0, 0.05) is 24.9 Å². The van der Waals surface area contributed by atoms with E-state index in [4.69, 9.17) is 9.84 Å². The second kappa shape index (κ2) is 6.20. The summed E-state index contributed by atoms with van der Waals surface area (Å²) in [5, 5.41) is 8.45. The van der Waals surface area contributed by atoms with Crippen molar-refractivity contribution in [3.63, 3.8) is 0 Å². The van der Waals surface area contributed by atoms with Gasteiger partial charge < -0.3 is 14.7 Å². The van der Waals surface area contributed by atoms with Gasteiger partial charge in [-0.2, -0.15) is 0 Å². The standard InChI is InChI=1S/C12H12BrNO4/c1-14(11(15)5-6-12(16)17)8-3-4-10(18-2)9(13)7-8/h3-7H,1-2H3,(H,16,17)/b6-5+. The van der Waals surface area contributed by atoms with Crippen LogP contribution in [0.4, 0.5) is 5.69 Å². The van der Waals surface area contributed by atoms with Crippen LogP contribution in [-0.2, 0) is 9.59 Å². The summed E-state index contributed by atoms with van der Waals surface area (Å²) in [5.41, 5.74) is 0.628. The van der Waals surface area contributed by atoms with E-state index < -0.39 is 11.9 Å². The molecule has 0 unspecified atom stereocenters. The average molecular weight is 314 g/mol. The zero-order valence-corrected chi connectivity index (χ0v) is 11.5. The van der Waals surface area contributed by atoms with Gasteiger partial charge in [-0.25, -0.2) is 4.79 Å². The highest BCUT2D eigenvalue weighted by atomic mass is 79.9. The number of likely N-dealkylation sites (N-methyl/N-ethyl adjacent to an activating group) is 1. The molecular formula is C12H12BrNO4. The molecule has 0 spiro atoms. The molecule has 0 radical (unpaired) electrons. The Morgan fingerprint density at radius 2 is 2.06 bits per heavy atom. The van der Waals surface area contributed by atoms with E-state index in [9.17, 15) is 9.59 Å². The Labute approximate surface area is 113 Å². The van der Waals surface area contributed by atoms with E-state index in [0.717, 1.165) is 12.2 Å². The molecule has 0 atom stereocenters. The van der Waals surface area contributed by atoms with Crippen LogP contribution >= 0.6 is 15.9 Å². The van der Waals surface area contributed by atoms with Crippen molar-refractivity contribution in [2.24, 2.45) is 0 Å². The number of anilines is 1. The predicted octanol–water partition coefficient (Wildman–Crippen LogP) is 2.06. The quantitative estimate of drug-likeness (QED) is 0.864. The minimum atomic E-state index is -1.16. The van der Waals surface area contributed by atoms with Gasteiger partial charge in [0.15, 0.2) is 0 Å². The van der Waals surface area contributed by atoms with Crippen LogP contribution < -0.4 is 9.64 Å². The van der Waals surface area contributed by atoms with Crippen LogP contribution in [0.3, 0.4) is 0 Å². The molecule has 0 aliphatic rings.